The minimum absolute atomic E-state index is 0.899. The first-order valence-corrected chi connectivity index (χ1v) is 7.02. The summed E-state index contributed by atoms with van der Waals surface area (Å²) < 4.78 is 0. The zero-order chi connectivity index (χ0) is 13.1. The smallest absolute Gasteiger partial charge is 0.00861 e. The fourth-order valence-corrected chi connectivity index (χ4v) is 2.91. The molecule has 0 unspecified atom stereocenters. The van der Waals surface area contributed by atoms with Crippen molar-refractivity contribution in [3.8, 4) is 23.5 Å². The first kappa shape index (κ1) is 12.1. The van der Waals surface area contributed by atoms with Gasteiger partial charge in [0.1, 0.15) is 0 Å². The topological polar surface area (TPSA) is 0 Å². The van der Waals surface area contributed by atoms with Crippen LogP contribution in [0, 0.1) is 12.3 Å². The van der Waals surface area contributed by atoms with E-state index in [1.807, 2.05) is 0 Å². The minimum Gasteiger partial charge on any atom is -0.120 e. The van der Waals surface area contributed by atoms with Gasteiger partial charge in [-0.25, -0.2) is 0 Å². The van der Waals surface area contributed by atoms with Crippen molar-refractivity contribution in [3.05, 3.63) is 59.2 Å². The highest BCUT2D eigenvalue weighted by Crippen LogP contribution is 2.36. The van der Waals surface area contributed by atoms with Crippen LogP contribution in [0.1, 0.15) is 36.0 Å². The van der Waals surface area contributed by atoms with E-state index in [1.54, 1.807) is 0 Å². The summed E-state index contributed by atoms with van der Waals surface area (Å²) in [4.78, 5) is 0. The fraction of sp³-hybridized carbons (Fsp3) is 0.263. The van der Waals surface area contributed by atoms with Crippen LogP contribution in [0.4, 0.5) is 0 Å². The second kappa shape index (κ2) is 5.33. The molecule has 0 aliphatic heterocycles. The van der Waals surface area contributed by atoms with E-state index in [-0.39, 0.29) is 0 Å². The third-order valence-electron chi connectivity index (χ3n) is 3.89. The van der Waals surface area contributed by atoms with Crippen LogP contribution in [0.25, 0.3) is 11.1 Å². The molecule has 1 aliphatic carbocycles. The molecule has 0 radical (unpaired) electrons. The van der Waals surface area contributed by atoms with Gasteiger partial charge in [-0.3, -0.25) is 0 Å². The largest absolute Gasteiger partial charge is 0.120 e. The van der Waals surface area contributed by atoms with Gasteiger partial charge in [0.15, 0.2) is 0 Å². The molecular formula is C19H18. The highest BCUT2D eigenvalue weighted by molar-refractivity contribution is 5.76. The van der Waals surface area contributed by atoms with Crippen LogP contribution in [-0.2, 0) is 12.8 Å². The summed E-state index contributed by atoms with van der Waals surface area (Å²) in [7, 11) is 0. The quantitative estimate of drug-likeness (QED) is 0.466. The van der Waals surface area contributed by atoms with E-state index in [1.165, 1.54) is 34.2 Å². The maximum Gasteiger partial charge on any atom is 0.00861 e. The molecule has 0 saturated heterocycles. The first-order chi connectivity index (χ1) is 9.38. The molecule has 0 heteroatoms. The molecule has 0 atom stereocenters. The Morgan fingerprint density at radius 3 is 2.68 bits per heavy atom. The number of fused-ring (bicyclic) bond motifs is 3. The van der Waals surface area contributed by atoms with Gasteiger partial charge in [0.2, 0.25) is 0 Å². The van der Waals surface area contributed by atoms with Gasteiger partial charge < -0.3 is 0 Å². The summed E-state index contributed by atoms with van der Waals surface area (Å²) in [6, 6.07) is 15.7. The molecule has 3 rings (SSSR count). The lowest BCUT2D eigenvalue weighted by atomic mass is 10.0. The summed E-state index contributed by atoms with van der Waals surface area (Å²) in [5.41, 5.74) is 7.22. The van der Waals surface area contributed by atoms with Gasteiger partial charge in [0.05, 0.1) is 0 Å². The van der Waals surface area contributed by atoms with Crippen LogP contribution in [0.5, 0.6) is 0 Å². The van der Waals surface area contributed by atoms with Crippen molar-refractivity contribution < 1.29 is 0 Å². The lowest BCUT2D eigenvalue weighted by Crippen LogP contribution is -1.88. The van der Waals surface area contributed by atoms with E-state index in [0.717, 1.165) is 25.7 Å². The highest BCUT2D eigenvalue weighted by atomic mass is 14.2. The van der Waals surface area contributed by atoms with Gasteiger partial charge in [-0.15, -0.1) is 12.3 Å². The fourth-order valence-electron chi connectivity index (χ4n) is 2.91. The maximum atomic E-state index is 5.28. The zero-order valence-corrected chi connectivity index (χ0v) is 11.2. The molecule has 2 aromatic rings. The lowest BCUT2D eigenvalue weighted by Gasteiger charge is -2.05. The van der Waals surface area contributed by atoms with Crippen LogP contribution in [0.15, 0.2) is 42.5 Å². The Hall–Kier alpha value is -2.00. The molecule has 1 aliphatic rings. The van der Waals surface area contributed by atoms with Crippen LogP contribution >= 0.6 is 0 Å². The van der Waals surface area contributed by atoms with Crippen molar-refractivity contribution in [1.82, 2.24) is 0 Å². The summed E-state index contributed by atoms with van der Waals surface area (Å²) in [6.45, 7) is 0. The number of rotatable bonds is 4. The first-order valence-electron chi connectivity index (χ1n) is 7.02. The minimum atomic E-state index is 0.899. The third kappa shape index (κ3) is 2.42. The molecule has 0 spiro atoms. The lowest BCUT2D eigenvalue weighted by molar-refractivity contribution is 0.756. The third-order valence-corrected chi connectivity index (χ3v) is 3.89. The standard InChI is InChI=1S/C19H18/c1-2-3-4-5-8-15-11-12-19-17(13-15)14-16-9-6-7-10-18(16)19/h1,6-7,9-13H,3-5,8,14H2. The zero-order valence-electron chi connectivity index (χ0n) is 11.2. The number of hydrogen-bond acceptors (Lipinski definition) is 0. The molecule has 0 bridgehead atoms. The predicted molar refractivity (Wildman–Crippen MR) is 81.1 cm³/mol. The van der Waals surface area contributed by atoms with Crippen molar-refractivity contribution in [2.75, 3.05) is 0 Å². The van der Waals surface area contributed by atoms with Crippen LogP contribution < -0.4 is 0 Å². The normalized spacial score (nSPS) is 11.7. The molecule has 0 aromatic heterocycles. The molecule has 94 valence electrons. The van der Waals surface area contributed by atoms with E-state index < -0.39 is 0 Å². The van der Waals surface area contributed by atoms with Gasteiger partial charge in [-0.2, -0.15) is 0 Å². The van der Waals surface area contributed by atoms with Crippen molar-refractivity contribution in [2.24, 2.45) is 0 Å². The second-order valence-electron chi connectivity index (χ2n) is 5.24. The van der Waals surface area contributed by atoms with E-state index in [4.69, 9.17) is 6.42 Å². The average molecular weight is 246 g/mol. The summed E-state index contributed by atoms with van der Waals surface area (Å²) in [5.74, 6) is 2.71. The molecule has 0 amide bonds. The summed E-state index contributed by atoms with van der Waals surface area (Å²) in [5, 5.41) is 0. The monoisotopic (exact) mass is 246 g/mol. The molecule has 0 fully saturated rings. The van der Waals surface area contributed by atoms with Gasteiger partial charge in [-0.1, -0.05) is 42.5 Å². The second-order valence-corrected chi connectivity index (χ2v) is 5.24. The Morgan fingerprint density at radius 2 is 1.79 bits per heavy atom. The van der Waals surface area contributed by atoms with Gasteiger partial charge >= 0.3 is 0 Å². The Kier molecular flexibility index (Phi) is 3.38. The number of aryl methyl sites for hydroxylation is 1. The number of terminal acetylenes is 1. The van der Waals surface area contributed by atoms with Gasteiger partial charge in [0.25, 0.3) is 0 Å². The molecule has 19 heavy (non-hydrogen) atoms. The molecule has 2 aromatic carbocycles. The Morgan fingerprint density at radius 1 is 0.947 bits per heavy atom. The maximum absolute atomic E-state index is 5.28. The van der Waals surface area contributed by atoms with Crippen molar-refractivity contribution in [2.45, 2.75) is 32.1 Å². The highest BCUT2D eigenvalue weighted by Gasteiger charge is 2.17. The van der Waals surface area contributed by atoms with Crippen molar-refractivity contribution in [3.63, 3.8) is 0 Å². The summed E-state index contributed by atoms with van der Waals surface area (Å²) in [6.07, 6.45) is 10.7. The van der Waals surface area contributed by atoms with E-state index in [2.05, 4.69) is 48.4 Å². The van der Waals surface area contributed by atoms with E-state index in [9.17, 15) is 0 Å². The molecular weight excluding hydrogens is 228 g/mol. The van der Waals surface area contributed by atoms with Crippen LogP contribution in [0.3, 0.4) is 0 Å². The van der Waals surface area contributed by atoms with E-state index >= 15 is 0 Å². The SMILES string of the molecule is C#CCCCCc1ccc2c(c1)Cc1ccccc1-2. The van der Waals surface area contributed by atoms with Crippen LogP contribution in [0.2, 0.25) is 0 Å². The number of hydrogen-bond donors (Lipinski definition) is 0. The van der Waals surface area contributed by atoms with Crippen molar-refractivity contribution in [1.29, 1.82) is 0 Å². The Balaban J connectivity index is 1.76. The van der Waals surface area contributed by atoms with Crippen molar-refractivity contribution >= 4 is 0 Å². The van der Waals surface area contributed by atoms with Gasteiger partial charge in [0, 0.05) is 6.42 Å². The number of benzene rings is 2. The Bertz CT molecular complexity index is 629. The number of unbranched alkanes of at least 4 members (excludes halogenated alkanes) is 2. The molecule has 0 nitrogen and oxygen atoms in total. The van der Waals surface area contributed by atoms with E-state index in [0.29, 0.717) is 0 Å². The molecule has 0 heterocycles. The predicted octanol–water partition coefficient (Wildman–Crippen LogP) is 4.60. The molecule has 0 N–H and O–H groups in total. The van der Waals surface area contributed by atoms with Gasteiger partial charge in [-0.05, 0) is 53.5 Å². The van der Waals surface area contributed by atoms with Crippen LogP contribution in [-0.4, -0.2) is 0 Å². The summed E-state index contributed by atoms with van der Waals surface area (Å²) >= 11 is 0. The average Bonchev–Trinajstić information content (AvgIpc) is 2.81. The Labute approximate surface area is 115 Å². The molecule has 0 saturated carbocycles.